The highest BCUT2D eigenvalue weighted by molar-refractivity contribution is 5.96. The van der Waals surface area contributed by atoms with Gasteiger partial charge in [-0.1, -0.05) is 0 Å². The van der Waals surface area contributed by atoms with Crippen molar-refractivity contribution < 1.29 is 23.7 Å². The molecule has 0 radical (unpaired) electrons. The Bertz CT molecular complexity index is 394. The minimum atomic E-state index is -0.441. The molecule has 2 saturated heterocycles. The molecule has 2 fully saturated rings. The van der Waals surface area contributed by atoms with Gasteiger partial charge in [-0.3, -0.25) is 4.90 Å². The van der Waals surface area contributed by atoms with E-state index in [0.717, 1.165) is 31.6 Å². The summed E-state index contributed by atoms with van der Waals surface area (Å²) >= 11 is 0. The second-order valence-electron chi connectivity index (χ2n) is 5.20. The Balaban J connectivity index is 1.45. The normalized spacial score (nSPS) is 34.6. The van der Waals surface area contributed by atoms with Crippen LogP contribution in [0, 0.1) is 0 Å². The topological polar surface area (TPSA) is 69.6 Å². The van der Waals surface area contributed by atoms with Crippen molar-refractivity contribution in [2.24, 2.45) is 4.99 Å². The fraction of sp³-hybridized carbons (Fsp3) is 0.846. The second-order valence-corrected chi connectivity index (χ2v) is 5.20. The third-order valence-electron chi connectivity index (χ3n) is 3.63. The number of hydrogen-bond acceptors (Lipinski definition) is 5. The summed E-state index contributed by atoms with van der Waals surface area (Å²) in [4.78, 5) is 17.4. The van der Waals surface area contributed by atoms with Gasteiger partial charge < -0.3 is 18.9 Å². The van der Waals surface area contributed by atoms with Crippen LogP contribution in [0.2, 0.25) is 0 Å². The van der Waals surface area contributed by atoms with Crippen molar-refractivity contribution >= 4 is 11.7 Å². The van der Waals surface area contributed by atoms with Crippen molar-refractivity contribution in [1.29, 1.82) is 0 Å². The number of hydrogen-bond donors (Lipinski definition) is 0. The van der Waals surface area contributed by atoms with Gasteiger partial charge in [0.05, 0.1) is 6.61 Å². The minimum Gasteiger partial charge on any atom is -0.353 e. The van der Waals surface area contributed by atoms with Gasteiger partial charge in [-0.25, -0.2) is 9.79 Å². The molecule has 0 N–H and O–H groups in total. The molecule has 3 heterocycles. The largest absolute Gasteiger partial charge is 0.353 e. The summed E-state index contributed by atoms with van der Waals surface area (Å²) < 4.78 is 22.1. The van der Waals surface area contributed by atoms with E-state index in [-0.39, 0.29) is 18.5 Å². The van der Waals surface area contributed by atoms with Crippen LogP contribution in [-0.4, -0.2) is 61.8 Å². The van der Waals surface area contributed by atoms with E-state index in [1.807, 2.05) is 6.92 Å². The first-order valence-electron chi connectivity index (χ1n) is 7.07. The molecule has 112 valence electrons. The quantitative estimate of drug-likeness (QED) is 0.774. The maximum absolute atomic E-state index is 11.8. The van der Waals surface area contributed by atoms with E-state index < -0.39 is 6.29 Å². The van der Waals surface area contributed by atoms with Crippen LogP contribution in [0.5, 0.6) is 0 Å². The first kappa shape index (κ1) is 13.9. The molecule has 3 unspecified atom stereocenters. The van der Waals surface area contributed by atoms with E-state index in [4.69, 9.17) is 18.9 Å². The Hall–Kier alpha value is -1.02. The van der Waals surface area contributed by atoms with E-state index >= 15 is 0 Å². The summed E-state index contributed by atoms with van der Waals surface area (Å²) in [6.45, 7) is 3.92. The number of urea groups is 1. The molecule has 3 aliphatic rings. The molecular formula is C13H20N2O5. The fourth-order valence-electron chi connectivity index (χ4n) is 2.49. The van der Waals surface area contributed by atoms with Gasteiger partial charge in [0.25, 0.3) is 0 Å². The molecule has 0 spiro atoms. The monoisotopic (exact) mass is 284 g/mol. The summed E-state index contributed by atoms with van der Waals surface area (Å²) in [6, 6.07) is -0.247. The number of aliphatic imine (C=N–C) groups is 1. The van der Waals surface area contributed by atoms with Crippen LogP contribution in [0.1, 0.15) is 26.2 Å². The lowest BCUT2D eigenvalue weighted by molar-refractivity contribution is -0.177. The van der Waals surface area contributed by atoms with Crippen LogP contribution in [0.15, 0.2) is 4.99 Å². The highest BCUT2D eigenvalue weighted by Crippen LogP contribution is 2.21. The molecule has 0 aromatic heterocycles. The summed E-state index contributed by atoms with van der Waals surface area (Å²) in [5.41, 5.74) is 0.864. The number of carbonyl (C=O) groups excluding carboxylic acids is 1. The van der Waals surface area contributed by atoms with Gasteiger partial charge in [-0.2, -0.15) is 0 Å². The maximum Gasteiger partial charge on any atom is 0.345 e. The smallest absolute Gasteiger partial charge is 0.345 e. The van der Waals surface area contributed by atoms with Gasteiger partial charge in [0, 0.05) is 31.7 Å². The van der Waals surface area contributed by atoms with Gasteiger partial charge in [-0.15, -0.1) is 0 Å². The van der Waals surface area contributed by atoms with E-state index in [2.05, 4.69) is 4.99 Å². The Kier molecular flexibility index (Phi) is 4.30. The zero-order valence-corrected chi connectivity index (χ0v) is 11.6. The van der Waals surface area contributed by atoms with Crippen LogP contribution in [0.4, 0.5) is 4.79 Å². The van der Waals surface area contributed by atoms with Crippen molar-refractivity contribution in [1.82, 2.24) is 4.90 Å². The minimum absolute atomic E-state index is 0.148. The van der Waals surface area contributed by atoms with Crippen LogP contribution < -0.4 is 0 Å². The average Bonchev–Trinajstić information content (AvgIpc) is 3.07. The van der Waals surface area contributed by atoms with E-state index in [9.17, 15) is 4.79 Å². The van der Waals surface area contributed by atoms with Gasteiger partial charge in [0.15, 0.2) is 18.8 Å². The van der Waals surface area contributed by atoms with Gasteiger partial charge in [0.2, 0.25) is 0 Å². The Morgan fingerprint density at radius 2 is 2.35 bits per heavy atom. The molecule has 3 atom stereocenters. The lowest BCUT2D eigenvalue weighted by atomic mass is 10.2. The third-order valence-corrected chi connectivity index (χ3v) is 3.63. The van der Waals surface area contributed by atoms with E-state index in [1.165, 1.54) is 0 Å². The zero-order chi connectivity index (χ0) is 13.9. The molecule has 2 amide bonds. The highest BCUT2D eigenvalue weighted by Gasteiger charge is 2.35. The standard InChI is InChI=1S/C13H20N2O5/c1-9-4-5-15(13(16)14-9)10-7-18-12(20-10)8-19-11-3-2-6-17-11/h10-12H,2-8H2,1H3. The summed E-state index contributed by atoms with van der Waals surface area (Å²) in [7, 11) is 0. The second kappa shape index (κ2) is 6.17. The predicted octanol–water partition coefficient (Wildman–Crippen LogP) is 1.13. The van der Waals surface area contributed by atoms with E-state index in [0.29, 0.717) is 19.8 Å². The molecule has 7 nitrogen and oxygen atoms in total. The maximum atomic E-state index is 11.8. The third kappa shape index (κ3) is 3.17. The highest BCUT2D eigenvalue weighted by atomic mass is 16.8. The van der Waals surface area contributed by atoms with Crippen molar-refractivity contribution in [3.8, 4) is 0 Å². The first-order valence-corrected chi connectivity index (χ1v) is 7.07. The molecule has 3 rings (SSSR count). The zero-order valence-electron chi connectivity index (χ0n) is 11.6. The molecule has 0 aliphatic carbocycles. The molecule has 7 heteroatoms. The number of ether oxygens (including phenoxy) is 4. The Labute approximate surface area is 117 Å². The molecule has 20 heavy (non-hydrogen) atoms. The first-order chi connectivity index (χ1) is 9.72. The molecule has 0 saturated carbocycles. The van der Waals surface area contributed by atoms with Crippen LogP contribution in [0.3, 0.4) is 0 Å². The summed E-state index contributed by atoms with van der Waals surface area (Å²) in [5, 5.41) is 0. The summed E-state index contributed by atoms with van der Waals surface area (Å²) in [5.74, 6) is 0. The Morgan fingerprint density at radius 1 is 1.45 bits per heavy atom. The lowest BCUT2D eigenvalue weighted by Crippen LogP contribution is -2.44. The van der Waals surface area contributed by atoms with Crippen LogP contribution in [-0.2, 0) is 18.9 Å². The van der Waals surface area contributed by atoms with Crippen LogP contribution in [0.25, 0.3) is 0 Å². The number of nitrogens with zero attached hydrogens (tertiary/aromatic N) is 2. The number of amides is 2. The van der Waals surface area contributed by atoms with Crippen molar-refractivity contribution in [2.45, 2.75) is 45.0 Å². The molecule has 0 bridgehead atoms. The van der Waals surface area contributed by atoms with E-state index in [1.54, 1.807) is 4.90 Å². The molecule has 3 aliphatic heterocycles. The Morgan fingerprint density at radius 3 is 3.10 bits per heavy atom. The molecular weight excluding hydrogens is 264 g/mol. The molecule has 0 aromatic carbocycles. The average molecular weight is 284 g/mol. The van der Waals surface area contributed by atoms with Crippen LogP contribution >= 0.6 is 0 Å². The predicted molar refractivity (Wildman–Crippen MR) is 69.4 cm³/mol. The lowest BCUT2D eigenvalue weighted by Gasteiger charge is -2.28. The summed E-state index contributed by atoms with van der Waals surface area (Å²) in [6.07, 6.45) is 1.77. The van der Waals surface area contributed by atoms with Crippen molar-refractivity contribution in [3.63, 3.8) is 0 Å². The van der Waals surface area contributed by atoms with Gasteiger partial charge in [-0.05, 0) is 13.3 Å². The number of carbonyl (C=O) groups is 1. The van der Waals surface area contributed by atoms with Gasteiger partial charge >= 0.3 is 6.03 Å². The SMILES string of the molecule is CC1=NC(=O)N(C2COC(COC3CCCO3)O2)CC1. The number of rotatable bonds is 4. The van der Waals surface area contributed by atoms with Gasteiger partial charge in [0.1, 0.15) is 6.61 Å². The fourth-order valence-corrected chi connectivity index (χ4v) is 2.49. The van der Waals surface area contributed by atoms with Crippen molar-refractivity contribution in [3.05, 3.63) is 0 Å². The molecule has 0 aromatic rings. The van der Waals surface area contributed by atoms with Crippen molar-refractivity contribution in [2.75, 3.05) is 26.4 Å².